The van der Waals surface area contributed by atoms with Gasteiger partial charge in [0, 0.05) is 29.4 Å². The van der Waals surface area contributed by atoms with Crippen LogP contribution in [0.3, 0.4) is 0 Å². The molecular formula is C16H13N5O2S. The topological polar surface area (TPSA) is 85.8 Å². The van der Waals surface area contributed by atoms with Crippen molar-refractivity contribution >= 4 is 28.7 Å². The fourth-order valence-electron chi connectivity index (χ4n) is 2.37. The lowest BCUT2D eigenvalue weighted by Crippen LogP contribution is -2.27. The van der Waals surface area contributed by atoms with E-state index in [0.717, 1.165) is 33.9 Å². The highest BCUT2D eigenvalue weighted by molar-refractivity contribution is 7.00. The van der Waals surface area contributed by atoms with Crippen LogP contribution in [0.4, 0.5) is 0 Å². The second-order valence-corrected chi connectivity index (χ2v) is 5.76. The lowest BCUT2D eigenvalue weighted by Gasteiger charge is -2.05. The Balaban J connectivity index is 1.36. The molecule has 3 heterocycles. The quantitative estimate of drug-likeness (QED) is 0.604. The van der Waals surface area contributed by atoms with E-state index in [9.17, 15) is 4.79 Å². The molecular weight excluding hydrogens is 326 g/mol. The van der Waals surface area contributed by atoms with E-state index in [1.807, 2.05) is 12.3 Å². The van der Waals surface area contributed by atoms with Crippen LogP contribution < -0.4 is 5.32 Å². The number of fused-ring (bicyclic) bond motifs is 1. The number of aromatic nitrogens is 4. The highest BCUT2D eigenvalue weighted by Gasteiger charge is 2.08. The number of nitrogens with one attached hydrogen (secondary N) is 1. The molecule has 24 heavy (non-hydrogen) atoms. The molecule has 0 unspecified atom stereocenters. The normalized spacial score (nSPS) is 11.0. The Hall–Kier alpha value is -3.00. The summed E-state index contributed by atoms with van der Waals surface area (Å²) >= 11 is 1.14. The Kier molecular flexibility index (Phi) is 3.80. The minimum absolute atomic E-state index is 0.132. The molecule has 1 aromatic carbocycles. The van der Waals surface area contributed by atoms with E-state index in [0.29, 0.717) is 18.7 Å². The fourth-order valence-corrected chi connectivity index (χ4v) is 2.89. The van der Waals surface area contributed by atoms with Crippen molar-refractivity contribution in [3.05, 3.63) is 54.7 Å². The van der Waals surface area contributed by atoms with E-state index < -0.39 is 0 Å². The molecule has 8 heteroatoms. The summed E-state index contributed by atoms with van der Waals surface area (Å²) in [7, 11) is 0. The van der Waals surface area contributed by atoms with E-state index >= 15 is 0 Å². The molecule has 1 N–H and O–H groups in total. The first-order chi connectivity index (χ1) is 11.8. The van der Waals surface area contributed by atoms with Gasteiger partial charge >= 0.3 is 0 Å². The molecule has 1 amide bonds. The standard InChI is InChI=1S/C16H13N5O2S/c22-16(11-1-2-14-15(7-11)20-24-19-14)17-4-5-21-9-13(8-18-21)12-3-6-23-10-12/h1-3,6-10H,4-5H2,(H,17,22). The van der Waals surface area contributed by atoms with Crippen molar-refractivity contribution in [1.82, 2.24) is 23.8 Å². The number of hydrogen-bond acceptors (Lipinski definition) is 6. The Morgan fingerprint density at radius 2 is 2.12 bits per heavy atom. The second kappa shape index (κ2) is 6.25. The third-order valence-corrected chi connectivity index (χ3v) is 4.19. The van der Waals surface area contributed by atoms with Crippen molar-refractivity contribution in [1.29, 1.82) is 0 Å². The number of benzene rings is 1. The minimum Gasteiger partial charge on any atom is -0.472 e. The van der Waals surface area contributed by atoms with Gasteiger partial charge in [-0.3, -0.25) is 9.48 Å². The zero-order chi connectivity index (χ0) is 16.4. The summed E-state index contributed by atoms with van der Waals surface area (Å²) in [4.78, 5) is 12.2. The first kappa shape index (κ1) is 14.6. The molecule has 0 spiro atoms. The average Bonchev–Trinajstić information content (AvgIpc) is 3.34. The van der Waals surface area contributed by atoms with E-state index in [1.165, 1.54) is 0 Å². The Morgan fingerprint density at radius 1 is 1.21 bits per heavy atom. The number of nitrogens with zero attached hydrogens (tertiary/aromatic N) is 4. The number of hydrogen-bond donors (Lipinski definition) is 1. The molecule has 0 bridgehead atoms. The highest BCUT2D eigenvalue weighted by atomic mass is 32.1. The third kappa shape index (κ3) is 2.91. The number of furan rings is 1. The summed E-state index contributed by atoms with van der Waals surface area (Å²) in [5, 5.41) is 7.17. The van der Waals surface area contributed by atoms with Gasteiger partial charge in [0.1, 0.15) is 11.0 Å². The van der Waals surface area contributed by atoms with Gasteiger partial charge in [-0.2, -0.15) is 13.8 Å². The van der Waals surface area contributed by atoms with Crippen molar-refractivity contribution in [3.8, 4) is 11.1 Å². The van der Waals surface area contributed by atoms with Crippen molar-refractivity contribution in [2.45, 2.75) is 6.54 Å². The summed E-state index contributed by atoms with van der Waals surface area (Å²) in [6.07, 6.45) is 6.99. The molecule has 7 nitrogen and oxygen atoms in total. The lowest BCUT2D eigenvalue weighted by molar-refractivity contribution is 0.0952. The monoisotopic (exact) mass is 339 g/mol. The Labute approximate surface area is 141 Å². The zero-order valence-electron chi connectivity index (χ0n) is 12.5. The van der Waals surface area contributed by atoms with Crippen molar-refractivity contribution < 1.29 is 9.21 Å². The van der Waals surface area contributed by atoms with Crippen LogP contribution in [-0.4, -0.2) is 31.0 Å². The predicted octanol–water partition coefficient (Wildman–Crippen LogP) is 2.58. The third-order valence-electron chi connectivity index (χ3n) is 3.63. The lowest BCUT2D eigenvalue weighted by atomic mass is 10.2. The molecule has 0 aliphatic carbocycles. The van der Waals surface area contributed by atoms with Gasteiger partial charge in [-0.1, -0.05) is 0 Å². The summed E-state index contributed by atoms with van der Waals surface area (Å²) in [6, 6.07) is 7.19. The van der Waals surface area contributed by atoms with Crippen LogP contribution in [0.1, 0.15) is 10.4 Å². The molecule has 0 aliphatic rings. The van der Waals surface area contributed by atoms with Gasteiger partial charge in [-0.25, -0.2) is 0 Å². The molecule has 0 fully saturated rings. The van der Waals surface area contributed by atoms with Crippen LogP contribution in [0.2, 0.25) is 0 Å². The number of carbonyl (C=O) groups is 1. The predicted molar refractivity (Wildman–Crippen MR) is 89.7 cm³/mol. The number of carbonyl (C=O) groups excluding carboxylic acids is 1. The van der Waals surface area contributed by atoms with Gasteiger partial charge in [-0.05, 0) is 24.3 Å². The van der Waals surface area contributed by atoms with E-state index in [1.54, 1.807) is 41.6 Å². The van der Waals surface area contributed by atoms with Crippen LogP contribution in [0.25, 0.3) is 22.2 Å². The zero-order valence-corrected chi connectivity index (χ0v) is 13.4. The van der Waals surface area contributed by atoms with Gasteiger partial charge in [0.15, 0.2) is 0 Å². The Morgan fingerprint density at radius 3 is 3.00 bits per heavy atom. The van der Waals surface area contributed by atoms with E-state index in [2.05, 4.69) is 19.2 Å². The van der Waals surface area contributed by atoms with Crippen LogP contribution in [0, 0.1) is 0 Å². The maximum Gasteiger partial charge on any atom is 0.251 e. The summed E-state index contributed by atoms with van der Waals surface area (Å²) in [5.41, 5.74) is 4.09. The highest BCUT2D eigenvalue weighted by Crippen LogP contribution is 2.18. The largest absolute Gasteiger partial charge is 0.472 e. The van der Waals surface area contributed by atoms with Crippen LogP contribution in [0.15, 0.2) is 53.6 Å². The minimum atomic E-state index is -0.132. The maximum atomic E-state index is 12.2. The van der Waals surface area contributed by atoms with Crippen molar-refractivity contribution in [2.24, 2.45) is 0 Å². The molecule has 3 aromatic heterocycles. The molecule has 0 saturated heterocycles. The van der Waals surface area contributed by atoms with E-state index in [-0.39, 0.29) is 5.91 Å². The summed E-state index contributed by atoms with van der Waals surface area (Å²) in [5.74, 6) is -0.132. The molecule has 0 aliphatic heterocycles. The van der Waals surface area contributed by atoms with Crippen molar-refractivity contribution in [3.63, 3.8) is 0 Å². The van der Waals surface area contributed by atoms with Gasteiger partial charge in [0.25, 0.3) is 5.91 Å². The van der Waals surface area contributed by atoms with Crippen LogP contribution in [-0.2, 0) is 6.54 Å². The van der Waals surface area contributed by atoms with Gasteiger partial charge in [-0.15, -0.1) is 0 Å². The second-order valence-electron chi connectivity index (χ2n) is 5.23. The molecule has 0 atom stereocenters. The summed E-state index contributed by atoms with van der Waals surface area (Å²) < 4.78 is 15.1. The fraction of sp³-hybridized carbons (Fsp3) is 0.125. The van der Waals surface area contributed by atoms with Gasteiger partial charge < -0.3 is 9.73 Å². The Bertz CT molecular complexity index is 973. The van der Waals surface area contributed by atoms with Crippen LogP contribution >= 0.6 is 11.7 Å². The molecule has 120 valence electrons. The first-order valence-electron chi connectivity index (χ1n) is 7.35. The molecule has 4 rings (SSSR count). The molecule has 0 radical (unpaired) electrons. The number of amides is 1. The van der Waals surface area contributed by atoms with Crippen LogP contribution in [0.5, 0.6) is 0 Å². The van der Waals surface area contributed by atoms with E-state index in [4.69, 9.17) is 4.42 Å². The first-order valence-corrected chi connectivity index (χ1v) is 8.08. The average molecular weight is 339 g/mol. The molecule has 4 aromatic rings. The van der Waals surface area contributed by atoms with Gasteiger partial charge in [0.2, 0.25) is 0 Å². The smallest absolute Gasteiger partial charge is 0.251 e. The SMILES string of the molecule is O=C(NCCn1cc(-c2ccoc2)cn1)c1ccc2nsnc2c1. The van der Waals surface area contributed by atoms with Gasteiger partial charge in [0.05, 0.1) is 37.0 Å². The summed E-state index contributed by atoms with van der Waals surface area (Å²) in [6.45, 7) is 1.07. The van der Waals surface area contributed by atoms with Crippen molar-refractivity contribution in [2.75, 3.05) is 6.54 Å². The number of rotatable bonds is 5. The molecule has 0 saturated carbocycles. The maximum absolute atomic E-state index is 12.2.